The van der Waals surface area contributed by atoms with E-state index in [0.29, 0.717) is 0 Å². The quantitative estimate of drug-likeness (QED) is 0.512. The second-order valence-corrected chi connectivity index (χ2v) is 5.93. The Balaban J connectivity index is 2.62. The Bertz CT molecular complexity index is 619. The van der Waals surface area contributed by atoms with Crippen molar-refractivity contribution in [3.63, 3.8) is 0 Å². The van der Waals surface area contributed by atoms with Crippen LogP contribution in [0.5, 0.6) is 0 Å². The molecule has 0 amide bonds. The van der Waals surface area contributed by atoms with Crippen LogP contribution in [0.25, 0.3) is 19.6 Å². The number of rotatable bonds is 0. The van der Waals surface area contributed by atoms with E-state index in [1.807, 2.05) is 22.7 Å². The van der Waals surface area contributed by atoms with Crippen LogP contribution in [0.1, 0.15) is 5.01 Å². The molecular formula is C11H10NS2+. The number of aryl methyl sites for hydroxylation is 2. The molecule has 3 heteroatoms. The predicted octanol–water partition coefficient (Wildman–Crippen LogP) is 3.25. The molecule has 1 nitrogen and oxygen atoms in total. The van der Waals surface area contributed by atoms with E-state index in [1.54, 1.807) is 0 Å². The van der Waals surface area contributed by atoms with Crippen LogP contribution >= 0.6 is 22.7 Å². The number of thiazole rings is 1. The average Bonchev–Trinajstić information content (AvgIpc) is 2.65. The molecule has 0 bridgehead atoms. The minimum atomic E-state index is 1.37. The molecule has 0 radical (unpaired) electrons. The molecule has 70 valence electrons. The lowest BCUT2D eigenvalue weighted by atomic mass is 10.2. The molecule has 3 aromatic rings. The third-order valence-electron chi connectivity index (χ3n) is 2.59. The maximum Gasteiger partial charge on any atom is 0.242 e. The van der Waals surface area contributed by atoms with E-state index < -0.39 is 0 Å². The van der Waals surface area contributed by atoms with Gasteiger partial charge in [0.1, 0.15) is 7.05 Å². The number of hydrogen-bond donors (Lipinski definition) is 0. The summed E-state index contributed by atoms with van der Waals surface area (Å²) in [7, 11) is 2.15. The summed E-state index contributed by atoms with van der Waals surface area (Å²) in [6.07, 6.45) is 0. The van der Waals surface area contributed by atoms with Crippen LogP contribution in [0.2, 0.25) is 0 Å². The van der Waals surface area contributed by atoms with E-state index in [0.717, 1.165) is 0 Å². The number of fused-ring (bicyclic) bond motifs is 3. The van der Waals surface area contributed by atoms with E-state index in [9.17, 15) is 0 Å². The summed E-state index contributed by atoms with van der Waals surface area (Å²) in [5, 5.41) is 2.76. The van der Waals surface area contributed by atoms with Crippen LogP contribution < -0.4 is 4.57 Å². The number of benzene rings is 1. The molecule has 0 aliphatic rings. The van der Waals surface area contributed by atoms with Gasteiger partial charge in [0, 0.05) is 11.6 Å². The number of aromatic nitrogens is 1. The van der Waals surface area contributed by atoms with Gasteiger partial charge in [0.15, 0.2) is 4.01 Å². The first-order valence-electron chi connectivity index (χ1n) is 4.54. The van der Waals surface area contributed by atoms with Crippen molar-refractivity contribution < 1.29 is 4.57 Å². The Morgan fingerprint density at radius 3 is 2.79 bits per heavy atom. The first kappa shape index (κ1) is 8.38. The molecule has 0 spiro atoms. The Labute approximate surface area is 90.2 Å². The zero-order valence-electron chi connectivity index (χ0n) is 8.07. The fourth-order valence-electron chi connectivity index (χ4n) is 1.76. The molecule has 14 heavy (non-hydrogen) atoms. The molecule has 2 heterocycles. The first-order chi connectivity index (χ1) is 6.77. The normalized spacial score (nSPS) is 11.6. The van der Waals surface area contributed by atoms with Crippen molar-refractivity contribution in [3.8, 4) is 0 Å². The van der Waals surface area contributed by atoms with Crippen LogP contribution in [-0.4, -0.2) is 0 Å². The highest BCUT2D eigenvalue weighted by Gasteiger charge is 2.18. The largest absolute Gasteiger partial charge is 0.242 e. The number of hydrogen-bond acceptors (Lipinski definition) is 2. The summed E-state index contributed by atoms with van der Waals surface area (Å²) in [5.41, 5.74) is 1.40. The van der Waals surface area contributed by atoms with Crippen LogP contribution in [0, 0.1) is 6.92 Å². The second-order valence-electron chi connectivity index (χ2n) is 3.41. The van der Waals surface area contributed by atoms with Gasteiger partial charge >= 0.3 is 0 Å². The monoisotopic (exact) mass is 220 g/mol. The van der Waals surface area contributed by atoms with Gasteiger partial charge in [0.05, 0.1) is 5.39 Å². The van der Waals surface area contributed by atoms with Gasteiger partial charge in [-0.25, -0.2) is 0 Å². The number of thiophene rings is 1. The third kappa shape index (κ3) is 0.967. The topological polar surface area (TPSA) is 3.88 Å². The molecule has 3 rings (SSSR count). The van der Waals surface area contributed by atoms with Crippen molar-refractivity contribution in [1.29, 1.82) is 0 Å². The van der Waals surface area contributed by atoms with Crippen LogP contribution in [0.4, 0.5) is 0 Å². The lowest BCUT2D eigenvalue weighted by Crippen LogP contribution is -2.28. The molecule has 0 atom stereocenters. The molecule has 0 unspecified atom stereocenters. The van der Waals surface area contributed by atoms with Gasteiger partial charge in [-0.05, 0) is 12.1 Å². The summed E-state index contributed by atoms with van der Waals surface area (Å²) >= 11 is 3.78. The summed E-state index contributed by atoms with van der Waals surface area (Å²) in [4.78, 5) is 0. The molecule has 0 saturated heterocycles. The Hall–Kier alpha value is -0.930. The number of nitrogens with zero attached hydrogens (tertiary/aromatic N) is 1. The van der Waals surface area contributed by atoms with E-state index >= 15 is 0 Å². The zero-order chi connectivity index (χ0) is 9.71. The van der Waals surface area contributed by atoms with E-state index in [2.05, 4.69) is 42.8 Å². The summed E-state index contributed by atoms with van der Waals surface area (Å²) in [6.45, 7) is 2.17. The second kappa shape index (κ2) is 2.78. The van der Waals surface area contributed by atoms with Gasteiger partial charge in [0.25, 0.3) is 0 Å². The third-order valence-corrected chi connectivity index (χ3v) is 4.99. The van der Waals surface area contributed by atoms with Crippen molar-refractivity contribution in [3.05, 3.63) is 29.3 Å². The summed E-state index contributed by atoms with van der Waals surface area (Å²) in [6, 6.07) is 8.62. The summed E-state index contributed by atoms with van der Waals surface area (Å²) < 4.78 is 5.12. The zero-order valence-corrected chi connectivity index (χ0v) is 9.71. The average molecular weight is 220 g/mol. The molecule has 1 aromatic carbocycles. The Morgan fingerprint density at radius 2 is 1.93 bits per heavy atom. The van der Waals surface area contributed by atoms with Gasteiger partial charge in [0.2, 0.25) is 10.5 Å². The molecule has 0 fully saturated rings. The fraction of sp³-hybridized carbons (Fsp3) is 0.182. The van der Waals surface area contributed by atoms with Gasteiger partial charge in [-0.15, -0.1) is 11.3 Å². The van der Waals surface area contributed by atoms with Gasteiger partial charge in [-0.3, -0.25) is 0 Å². The lowest BCUT2D eigenvalue weighted by Gasteiger charge is -1.86. The molecule has 0 saturated carbocycles. The van der Waals surface area contributed by atoms with Crippen LogP contribution in [0.15, 0.2) is 24.3 Å². The Morgan fingerprint density at radius 1 is 1.14 bits per heavy atom. The minimum Gasteiger partial charge on any atom is -0.188 e. The molecule has 0 aliphatic heterocycles. The van der Waals surface area contributed by atoms with E-state index in [1.165, 1.54) is 24.6 Å². The fourth-order valence-corrected chi connectivity index (χ4v) is 4.36. The first-order valence-corrected chi connectivity index (χ1v) is 6.17. The van der Waals surface area contributed by atoms with Crippen molar-refractivity contribution in [2.24, 2.45) is 7.05 Å². The van der Waals surface area contributed by atoms with E-state index in [-0.39, 0.29) is 0 Å². The van der Waals surface area contributed by atoms with E-state index in [4.69, 9.17) is 0 Å². The Kier molecular flexibility index (Phi) is 1.66. The SMILES string of the molecule is Cc1sc2sc3ccccc3c2[n+]1C. The maximum absolute atomic E-state index is 2.29. The molecule has 0 N–H and O–H groups in total. The molecule has 0 aliphatic carbocycles. The van der Waals surface area contributed by atoms with Gasteiger partial charge < -0.3 is 0 Å². The van der Waals surface area contributed by atoms with Crippen molar-refractivity contribution >= 4 is 42.3 Å². The predicted molar refractivity (Wildman–Crippen MR) is 63.1 cm³/mol. The summed E-state index contributed by atoms with van der Waals surface area (Å²) in [5.74, 6) is 0. The molecule has 2 aromatic heterocycles. The maximum atomic E-state index is 2.29. The van der Waals surface area contributed by atoms with Gasteiger partial charge in [-0.2, -0.15) is 4.57 Å². The van der Waals surface area contributed by atoms with Crippen LogP contribution in [-0.2, 0) is 7.05 Å². The van der Waals surface area contributed by atoms with Crippen molar-refractivity contribution in [2.75, 3.05) is 0 Å². The highest BCUT2D eigenvalue weighted by molar-refractivity contribution is 7.41. The van der Waals surface area contributed by atoms with Crippen molar-refractivity contribution in [2.45, 2.75) is 6.92 Å². The van der Waals surface area contributed by atoms with Crippen molar-refractivity contribution in [1.82, 2.24) is 0 Å². The standard InChI is InChI=1S/C11H10NS2/c1-7-12(2)10-8-5-3-4-6-9(8)14-11(10)13-7/h3-6H,1-2H3/q+1. The molecular weight excluding hydrogens is 210 g/mol. The minimum absolute atomic E-state index is 1.37. The highest BCUT2D eigenvalue weighted by Crippen LogP contribution is 2.35. The van der Waals surface area contributed by atoms with Gasteiger partial charge in [-0.1, -0.05) is 23.5 Å². The van der Waals surface area contributed by atoms with Crippen LogP contribution in [0.3, 0.4) is 0 Å². The highest BCUT2D eigenvalue weighted by atomic mass is 32.2. The smallest absolute Gasteiger partial charge is 0.188 e. The lowest BCUT2D eigenvalue weighted by molar-refractivity contribution is -0.645.